The predicted octanol–water partition coefficient (Wildman–Crippen LogP) is 2.97. The fourth-order valence-electron chi connectivity index (χ4n) is 4.35. The van der Waals surface area contributed by atoms with Crippen LogP contribution in [0.15, 0.2) is 42.6 Å². The fraction of sp³-hybridized carbons (Fsp3) is 0.458. The number of aromatic carboxylic acids is 1. The van der Waals surface area contributed by atoms with Gasteiger partial charge in [0, 0.05) is 31.7 Å². The van der Waals surface area contributed by atoms with Crippen LogP contribution in [-0.2, 0) is 4.74 Å². The molecule has 0 bridgehead atoms. The first-order chi connectivity index (χ1) is 15.6. The average molecular weight is 439 g/mol. The second-order valence-electron chi connectivity index (χ2n) is 8.39. The molecule has 2 saturated heterocycles. The summed E-state index contributed by atoms with van der Waals surface area (Å²) < 4.78 is 5.41. The molecule has 4 rings (SSSR count). The topological polar surface area (TPSA) is 95.0 Å². The molecule has 0 radical (unpaired) electrons. The van der Waals surface area contributed by atoms with Crippen molar-refractivity contribution in [2.75, 3.05) is 56.2 Å². The van der Waals surface area contributed by atoms with Gasteiger partial charge in [0.15, 0.2) is 0 Å². The number of nitrogens with zero attached hydrogens (tertiary/aromatic N) is 3. The third kappa shape index (κ3) is 5.63. The molecule has 1 aromatic carbocycles. The molecule has 0 aliphatic carbocycles. The van der Waals surface area contributed by atoms with E-state index < -0.39 is 5.97 Å². The number of hydrogen-bond donors (Lipinski definition) is 2. The van der Waals surface area contributed by atoms with E-state index in [1.807, 2.05) is 6.07 Å². The van der Waals surface area contributed by atoms with Gasteiger partial charge in [-0.2, -0.15) is 0 Å². The number of piperidine rings is 1. The Morgan fingerprint density at radius 1 is 1.09 bits per heavy atom. The smallest absolute Gasteiger partial charge is 0.339 e. The fourth-order valence-corrected chi connectivity index (χ4v) is 4.35. The Morgan fingerprint density at radius 2 is 1.81 bits per heavy atom. The van der Waals surface area contributed by atoms with Crippen molar-refractivity contribution >= 4 is 23.4 Å². The summed E-state index contributed by atoms with van der Waals surface area (Å²) in [5.74, 6) is -0.219. The molecule has 3 heterocycles. The van der Waals surface area contributed by atoms with E-state index in [4.69, 9.17) is 4.74 Å². The lowest BCUT2D eigenvalue weighted by molar-refractivity contribution is 0.0349. The van der Waals surface area contributed by atoms with Gasteiger partial charge in [-0.3, -0.25) is 9.69 Å². The van der Waals surface area contributed by atoms with Gasteiger partial charge in [-0.1, -0.05) is 18.2 Å². The van der Waals surface area contributed by atoms with Crippen LogP contribution in [0.4, 0.5) is 11.5 Å². The molecule has 2 aromatic rings. The number of carbonyl (C=O) groups excluding carboxylic acids is 1. The predicted molar refractivity (Wildman–Crippen MR) is 122 cm³/mol. The maximum atomic E-state index is 12.4. The van der Waals surface area contributed by atoms with Gasteiger partial charge in [-0.25, -0.2) is 9.78 Å². The Hall–Kier alpha value is -2.97. The van der Waals surface area contributed by atoms with Crippen LogP contribution in [0.2, 0.25) is 0 Å². The zero-order chi connectivity index (χ0) is 22.3. The van der Waals surface area contributed by atoms with E-state index in [0.717, 1.165) is 65.2 Å². The van der Waals surface area contributed by atoms with E-state index in [2.05, 4.69) is 20.1 Å². The van der Waals surface area contributed by atoms with Gasteiger partial charge < -0.3 is 20.1 Å². The number of pyridine rings is 1. The van der Waals surface area contributed by atoms with Crippen molar-refractivity contribution in [3.8, 4) is 0 Å². The molecule has 2 aliphatic rings. The van der Waals surface area contributed by atoms with Crippen molar-refractivity contribution in [1.29, 1.82) is 0 Å². The summed E-state index contributed by atoms with van der Waals surface area (Å²) in [6, 6.07) is 10.3. The van der Waals surface area contributed by atoms with Crippen LogP contribution >= 0.6 is 0 Å². The Morgan fingerprint density at radius 3 is 2.50 bits per heavy atom. The third-order valence-corrected chi connectivity index (χ3v) is 6.26. The van der Waals surface area contributed by atoms with Crippen molar-refractivity contribution < 1.29 is 19.4 Å². The second-order valence-corrected chi connectivity index (χ2v) is 8.39. The molecule has 0 atom stereocenters. The standard InChI is InChI=1S/C24H30N4O4/c29-23(19-4-2-1-3-5-19)26-20-16-21(24(30)31)22(25-17-20)28-10-7-18(8-11-28)6-9-27-12-14-32-15-13-27/h1-5,16-18H,6-15H2,(H,26,29)(H,30,31). The van der Waals surface area contributed by atoms with Gasteiger partial charge in [-0.15, -0.1) is 0 Å². The van der Waals surface area contributed by atoms with Crippen molar-refractivity contribution in [3.63, 3.8) is 0 Å². The van der Waals surface area contributed by atoms with E-state index >= 15 is 0 Å². The molecular formula is C24H30N4O4. The number of nitrogens with one attached hydrogen (secondary N) is 1. The summed E-state index contributed by atoms with van der Waals surface area (Å²) in [6.07, 6.45) is 4.75. The number of benzene rings is 1. The van der Waals surface area contributed by atoms with Gasteiger partial charge in [0.25, 0.3) is 5.91 Å². The SMILES string of the molecule is O=C(Nc1cnc(N2CCC(CCN3CCOCC3)CC2)c(C(=O)O)c1)c1ccccc1. The molecule has 2 N–H and O–H groups in total. The number of rotatable bonds is 7. The third-order valence-electron chi connectivity index (χ3n) is 6.26. The van der Waals surface area contributed by atoms with Crippen LogP contribution < -0.4 is 10.2 Å². The number of carboxylic acids is 1. The molecule has 2 aliphatic heterocycles. The second kappa shape index (κ2) is 10.6. The van der Waals surface area contributed by atoms with E-state index in [9.17, 15) is 14.7 Å². The molecule has 0 unspecified atom stereocenters. The lowest BCUT2D eigenvalue weighted by Gasteiger charge is -2.35. The quantitative estimate of drug-likeness (QED) is 0.686. The summed E-state index contributed by atoms with van der Waals surface area (Å²) in [5, 5.41) is 12.5. The van der Waals surface area contributed by atoms with Crippen LogP contribution in [0.5, 0.6) is 0 Å². The first-order valence-electron chi connectivity index (χ1n) is 11.2. The summed E-state index contributed by atoms with van der Waals surface area (Å²) >= 11 is 0. The Balaban J connectivity index is 1.36. The maximum absolute atomic E-state index is 12.4. The zero-order valence-electron chi connectivity index (χ0n) is 18.2. The number of anilines is 2. The number of carbonyl (C=O) groups is 2. The van der Waals surface area contributed by atoms with Crippen LogP contribution in [0.25, 0.3) is 0 Å². The van der Waals surface area contributed by atoms with Gasteiger partial charge in [0.05, 0.1) is 25.1 Å². The molecule has 0 spiro atoms. The van der Waals surface area contributed by atoms with E-state index in [-0.39, 0.29) is 11.5 Å². The minimum Gasteiger partial charge on any atom is -0.478 e. The van der Waals surface area contributed by atoms with Crippen molar-refractivity contribution in [3.05, 3.63) is 53.7 Å². The first-order valence-corrected chi connectivity index (χ1v) is 11.2. The number of aromatic nitrogens is 1. The van der Waals surface area contributed by atoms with Gasteiger partial charge in [0.1, 0.15) is 11.4 Å². The maximum Gasteiger partial charge on any atom is 0.339 e. The van der Waals surface area contributed by atoms with E-state index in [1.165, 1.54) is 12.3 Å². The van der Waals surface area contributed by atoms with Gasteiger partial charge in [0.2, 0.25) is 0 Å². The summed E-state index contributed by atoms with van der Waals surface area (Å²) in [7, 11) is 0. The first kappa shape index (κ1) is 22.2. The highest BCUT2D eigenvalue weighted by Gasteiger charge is 2.25. The largest absolute Gasteiger partial charge is 0.478 e. The Labute approximate surface area is 188 Å². The minimum absolute atomic E-state index is 0.114. The van der Waals surface area contributed by atoms with E-state index in [0.29, 0.717) is 23.0 Å². The Bertz CT molecular complexity index is 923. The highest BCUT2D eigenvalue weighted by Crippen LogP contribution is 2.28. The normalized spacial score (nSPS) is 17.8. The molecular weight excluding hydrogens is 408 g/mol. The highest BCUT2D eigenvalue weighted by atomic mass is 16.5. The summed E-state index contributed by atoms with van der Waals surface area (Å²) in [6.45, 7) is 6.35. The number of hydrogen-bond acceptors (Lipinski definition) is 6. The molecule has 1 aromatic heterocycles. The molecule has 8 nitrogen and oxygen atoms in total. The lowest BCUT2D eigenvalue weighted by atomic mass is 9.93. The van der Waals surface area contributed by atoms with Gasteiger partial charge >= 0.3 is 5.97 Å². The van der Waals surface area contributed by atoms with Crippen LogP contribution in [0.3, 0.4) is 0 Å². The molecule has 0 saturated carbocycles. The van der Waals surface area contributed by atoms with Crippen molar-refractivity contribution in [1.82, 2.24) is 9.88 Å². The number of ether oxygens (including phenoxy) is 1. The zero-order valence-corrected chi connectivity index (χ0v) is 18.2. The highest BCUT2D eigenvalue weighted by molar-refractivity contribution is 6.05. The monoisotopic (exact) mass is 438 g/mol. The van der Waals surface area contributed by atoms with E-state index in [1.54, 1.807) is 24.3 Å². The Kier molecular flexibility index (Phi) is 7.34. The number of amides is 1. The summed E-state index contributed by atoms with van der Waals surface area (Å²) in [4.78, 5) is 33.2. The molecule has 1 amide bonds. The molecule has 32 heavy (non-hydrogen) atoms. The van der Waals surface area contributed by atoms with Crippen molar-refractivity contribution in [2.24, 2.45) is 5.92 Å². The lowest BCUT2D eigenvalue weighted by Crippen LogP contribution is -2.39. The summed E-state index contributed by atoms with van der Waals surface area (Å²) in [5.41, 5.74) is 0.996. The van der Waals surface area contributed by atoms with Crippen LogP contribution in [0.1, 0.15) is 40.0 Å². The average Bonchev–Trinajstić information content (AvgIpc) is 2.84. The molecule has 2 fully saturated rings. The van der Waals surface area contributed by atoms with Crippen molar-refractivity contribution in [2.45, 2.75) is 19.3 Å². The molecule has 170 valence electrons. The minimum atomic E-state index is -1.04. The van der Waals surface area contributed by atoms with Crippen LogP contribution in [0, 0.1) is 5.92 Å². The number of morpholine rings is 1. The number of carboxylic acid groups (broad SMARTS) is 1. The van der Waals surface area contributed by atoms with Crippen LogP contribution in [-0.4, -0.2) is 72.8 Å². The van der Waals surface area contributed by atoms with Gasteiger partial charge in [-0.05, 0) is 49.9 Å². The molecule has 8 heteroatoms.